The minimum absolute atomic E-state index is 0.0291. The average Bonchev–Trinajstić information content (AvgIpc) is 3.62. The molecule has 0 saturated carbocycles. The van der Waals surface area contributed by atoms with Crippen molar-refractivity contribution in [1.29, 1.82) is 0 Å². The Morgan fingerprint density at radius 1 is 0.321 bits per heavy atom. The predicted octanol–water partition coefficient (Wildman–Crippen LogP) is 18.2. The molecule has 0 spiro atoms. The number of hydrogen-bond donors (Lipinski definition) is 0. The van der Waals surface area contributed by atoms with Crippen LogP contribution in [0.2, 0.25) is 0 Å². The number of rotatable bonds is 22. The lowest BCUT2D eigenvalue weighted by atomic mass is 9.86. The number of halogens is 32. The maximum Gasteiger partial charge on any atom is 0.384 e. The molecular formula is C44H42F32N2. The monoisotopic (exact) mass is 1210 g/mol. The Morgan fingerprint density at radius 2 is 0.500 bits per heavy atom. The van der Waals surface area contributed by atoms with Gasteiger partial charge in [-0.25, -0.2) is 0 Å². The molecule has 452 valence electrons. The largest absolute Gasteiger partial charge is 0.384 e. The van der Waals surface area contributed by atoms with E-state index < -0.39 is 152 Å². The van der Waals surface area contributed by atoms with Crippen molar-refractivity contribution < 1.29 is 140 Å². The fourth-order valence-corrected chi connectivity index (χ4v) is 7.75. The lowest BCUT2D eigenvalue weighted by molar-refractivity contribution is -0.452. The van der Waals surface area contributed by atoms with Crippen molar-refractivity contribution in [1.82, 2.24) is 0 Å². The normalized spacial score (nSPS) is 16.3. The summed E-state index contributed by atoms with van der Waals surface area (Å²) in [6.45, 7) is 7.58. The molecule has 1 aliphatic rings. The van der Waals surface area contributed by atoms with Crippen LogP contribution < -0.4 is 9.80 Å². The second-order valence-electron chi connectivity index (χ2n) is 18.0. The highest BCUT2D eigenvalue weighted by Crippen LogP contribution is 2.66. The van der Waals surface area contributed by atoms with Crippen molar-refractivity contribution in [3.05, 3.63) is 70.0 Å². The first-order valence-corrected chi connectivity index (χ1v) is 21.7. The molecule has 0 aliphatic carbocycles. The quantitative estimate of drug-likeness (QED) is 0.108. The smallest absolute Gasteiger partial charge is 0.325 e. The molecule has 2 aromatic rings. The summed E-state index contributed by atoms with van der Waals surface area (Å²) in [7, 11) is 0. The molecule has 0 saturated heterocycles. The van der Waals surface area contributed by atoms with Gasteiger partial charge in [0.15, 0.2) is 0 Å². The molecule has 1 aliphatic heterocycles. The van der Waals surface area contributed by atoms with E-state index in [0.717, 1.165) is 24.3 Å². The number of benzene rings is 2. The molecule has 2 nitrogen and oxygen atoms in total. The highest BCUT2D eigenvalue weighted by Gasteiger charge is 2.96. The predicted molar refractivity (Wildman–Crippen MR) is 214 cm³/mol. The van der Waals surface area contributed by atoms with E-state index in [9.17, 15) is 140 Å². The Labute approximate surface area is 420 Å². The summed E-state index contributed by atoms with van der Waals surface area (Å²) in [6.07, 6.45) is -6.99. The van der Waals surface area contributed by atoms with Gasteiger partial charge < -0.3 is 9.80 Å². The summed E-state index contributed by atoms with van der Waals surface area (Å²) in [5.74, 6) is -125. The molecule has 78 heavy (non-hydrogen) atoms. The van der Waals surface area contributed by atoms with E-state index in [1.165, 1.54) is 56.8 Å². The topological polar surface area (TPSA) is 6.48 Å². The van der Waals surface area contributed by atoms with Gasteiger partial charge in [-0.3, -0.25) is 0 Å². The van der Waals surface area contributed by atoms with Crippen LogP contribution in [-0.4, -0.2) is 101 Å². The van der Waals surface area contributed by atoms with Gasteiger partial charge in [-0.1, -0.05) is 38.1 Å². The molecule has 0 unspecified atom stereocenters. The maximum atomic E-state index is 14.8. The Balaban J connectivity index is 0.0000103. The Kier molecular flexibility index (Phi) is 18.3. The number of anilines is 2. The Hall–Kier alpha value is -4.46. The standard InChI is InChI=1S/C42H36F32N2.C2H6/c1-18-14-23(8-10-29(47,48)33(55,56)37(63,64)41(71,72)39(67,68)35(59,60)31(51,52)27(6,43)44)15-19(2)25(18)75-12-13-76(22(75)5)26-20(3)16-24(17-21(26)4)9-11-30(49,50)34(57,58)38(65,66)42(73,74)40(69,70)36(61,62)32(53,54)28(7,45)46;1-2/h12-17,22H,8-11H2,1-7H3;1-2H3. The fraction of sp³-hybridized carbons (Fsp3) is 0.682. The third-order valence-corrected chi connectivity index (χ3v) is 12.2. The van der Waals surface area contributed by atoms with E-state index in [2.05, 4.69) is 0 Å². The summed E-state index contributed by atoms with van der Waals surface area (Å²) >= 11 is 0. The third kappa shape index (κ3) is 10.2. The molecule has 34 heteroatoms. The Bertz CT molecular complexity index is 2270. The van der Waals surface area contributed by atoms with Crippen molar-refractivity contribution in [3.8, 4) is 0 Å². The fourth-order valence-electron chi connectivity index (χ4n) is 7.75. The molecule has 0 amide bonds. The second-order valence-corrected chi connectivity index (χ2v) is 18.0. The van der Waals surface area contributed by atoms with Gasteiger partial charge in [0.25, 0.3) is 0 Å². The first-order valence-electron chi connectivity index (χ1n) is 21.7. The molecule has 0 bridgehead atoms. The Morgan fingerprint density at radius 3 is 0.692 bits per heavy atom. The molecule has 2 aromatic carbocycles. The van der Waals surface area contributed by atoms with Crippen LogP contribution in [0.15, 0.2) is 36.7 Å². The van der Waals surface area contributed by atoms with Crippen molar-refractivity contribution in [2.24, 2.45) is 0 Å². The molecule has 0 aromatic heterocycles. The molecule has 0 N–H and O–H groups in total. The average molecular weight is 1210 g/mol. The minimum Gasteiger partial charge on any atom is -0.325 e. The van der Waals surface area contributed by atoms with Gasteiger partial charge in [-0.2, -0.15) is 140 Å². The first-order chi connectivity index (χ1) is 34.2. The molecule has 0 fully saturated rings. The van der Waals surface area contributed by atoms with E-state index in [1.807, 2.05) is 13.8 Å². The van der Waals surface area contributed by atoms with Crippen LogP contribution in [0.4, 0.5) is 152 Å². The summed E-state index contributed by atoms with van der Waals surface area (Å²) in [5, 5.41) is 0. The van der Waals surface area contributed by atoms with E-state index in [0.29, 0.717) is 0 Å². The third-order valence-electron chi connectivity index (χ3n) is 12.2. The van der Waals surface area contributed by atoms with Gasteiger partial charge in [0.1, 0.15) is 6.17 Å². The SMILES string of the molecule is CC.Cc1cc(CCC(F)(F)C(F)(F)C(F)(F)C(F)(F)C(F)(F)C(F)(F)C(F)(F)C(C)(F)F)cc(C)c1N1C=CN(c2c(C)cc(CCC(F)(F)C(F)(F)C(F)(F)C(F)(F)C(F)(F)C(F)(F)C(F)(F)C(C)(F)F)cc2C)C1C. The van der Waals surface area contributed by atoms with Crippen molar-refractivity contribution in [3.63, 3.8) is 0 Å². The van der Waals surface area contributed by atoms with Crippen molar-refractivity contribution in [2.45, 2.75) is 189 Å². The van der Waals surface area contributed by atoms with Crippen molar-refractivity contribution in [2.75, 3.05) is 9.80 Å². The van der Waals surface area contributed by atoms with Gasteiger partial charge >= 0.3 is 94.8 Å². The van der Waals surface area contributed by atoms with E-state index in [4.69, 9.17) is 0 Å². The molecule has 1 heterocycles. The van der Waals surface area contributed by atoms with Crippen LogP contribution in [0.3, 0.4) is 0 Å². The molecular weight excluding hydrogens is 1160 g/mol. The molecule has 3 rings (SSSR count). The summed E-state index contributed by atoms with van der Waals surface area (Å²) in [5.41, 5.74) is -1.01. The van der Waals surface area contributed by atoms with Gasteiger partial charge in [0.05, 0.1) is 0 Å². The second kappa shape index (κ2) is 20.5. The summed E-state index contributed by atoms with van der Waals surface area (Å²) in [4.78, 5) is 2.68. The minimum atomic E-state index is -8.60. The number of nitrogens with zero attached hydrogens (tertiary/aromatic N) is 2. The summed E-state index contributed by atoms with van der Waals surface area (Å²) in [6, 6.07) is 3.51. The van der Waals surface area contributed by atoms with Gasteiger partial charge in [-0.05, 0) is 80.8 Å². The molecule has 0 radical (unpaired) electrons. The van der Waals surface area contributed by atoms with E-state index in [-0.39, 0.29) is 33.6 Å². The van der Waals surface area contributed by atoms with Crippen LogP contribution in [0.25, 0.3) is 0 Å². The van der Waals surface area contributed by atoms with Crippen molar-refractivity contribution >= 4 is 11.4 Å². The maximum absolute atomic E-state index is 14.8. The summed E-state index contributed by atoms with van der Waals surface area (Å²) < 4.78 is 450. The zero-order valence-corrected chi connectivity index (χ0v) is 40.9. The van der Waals surface area contributed by atoms with E-state index in [1.54, 1.807) is 0 Å². The van der Waals surface area contributed by atoms with Crippen LogP contribution in [-0.2, 0) is 12.8 Å². The van der Waals surface area contributed by atoms with Gasteiger partial charge in [-0.15, -0.1) is 0 Å². The van der Waals surface area contributed by atoms with Crippen LogP contribution in [0.1, 0.15) is 80.8 Å². The lowest BCUT2D eigenvalue weighted by Crippen LogP contribution is -2.74. The van der Waals surface area contributed by atoms with Crippen LogP contribution in [0, 0.1) is 27.7 Å². The zero-order chi connectivity index (χ0) is 62.4. The number of hydrogen-bond acceptors (Lipinski definition) is 2. The van der Waals surface area contributed by atoms with E-state index >= 15 is 0 Å². The lowest BCUT2D eigenvalue weighted by Gasteiger charge is -2.43. The van der Waals surface area contributed by atoms with Crippen LogP contribution >= 0.6 is 0 Å². The molecule has 0 atom stereocenters. The van der Waals surface area contributed by atoms with Crippen LogP contribution in [0.5, 0.6) is 0 Å². The van der Waals surface area contributed by atoms with Gasteiger partial charge in [0.2, 0.25) is 0 Å². The number of alkyl halides is 32. The highest BCUT2D eigenvalue weighted by molar-refractivity contribution is 5.70. The highest BCUT2D eigenvalue weighted by atomic mass is 19.4. The number of aryl methyl sites for hydroxylation is 6. The van der Waals surface area contributed by atoms with Gasteiger partial charge in [0, 0.05) is 50.5 Å². The first kappa shape index (κ1) is 69.6. The zero-order valence-electron chi connectivity index (χ0n) is 40.9.